The van der Waals surface area contributed by atoms with Crippen LogP contribution in [0.25, 0.3) is 6.08 Å². The Labute approximate surface area is 166 Å². The predicted molar refractivity (Wildman–Crippen MR) is 108 cm³/mol. The molecule has 0 radical (unpaired) electrons. The van der Waals surface area contributed by atoms with E-state index < -0.39 is 24.4 Å². The Hall–Kier alpha value is -3.26. The summed E-state index contributed by atoms with van der Waals surface area (Å²) in [6, 6.07) is 14.1. The highest BCUT2D eigenvalue weighted by atomic mass is 32.2. The van der Waals surface area contributed by atoms with Crippen LogP contribution in [-0.4, -0.2) is 37.3 Å². The number of esters is 1. The van der Waals surface area contributed by atoms with Crippen molar-refractivity contribution < 1.29 is 23.9 Å². The second kappa shape index (κ2) is 10.8. The first kappa shape index (κ1) is 21.0. The highest BCUT2D eigenvalue weighted by Gasteiger charge is 2.10. The molecule has 0 aliphatic carbocycles. The van der Waals surface area contributed by atoms with E-state index in [0.717, 1.165) is 5.56 Å². The van der Waals surface area contributed by atoms with Crippen LogP contribution in [0.15, 0.2) is 59.5 Å². The van der Waals surface area contributed by atoms with Gasteiger partial charge in [-0.1, -0.05) is 24.3 Å². The number of benzene rings is 2. The van der Waals surface area contributed by atoms with Gasteiger partial charge in [0.1, 0.15) is 5.75 Å². The topological polar surface area (TPSA) is 108 Å². The summed E-state index contributed by atoms with van der Waals surface area (Å²) < 4.78 is 10.0. The molecule has 2 aromatic rings. The molecule has 2 aromatic carbocycles. The molecule has 0 spiro atoms. The molecule has 7 nitrogen and oxygen atoms in total. The van der Waals surface area contributed by atoms with Crippen LogP contribution in [-0.2, 0) is 19.1 Å². The Bertz CT molecular complexity index is 882. The number of para-hydroxylation sites is 1. The number of hydrogen-bond acceptors (Lipinski definition) is 6. The zero-order valence-corrected chi connectivity index (χ0v) is 16.0. The summed E-state index contributed by atoms with van der Waals surface area (Å²) in [5.41, 5.74) is 6.42. The lowest BCUT2D eigenvalue weighted by molar-refractivity contribution is -0.142. The van der Waals surface area contributed by atoms with Crippen molar-refractivity contribution in [3.8, 4) is 5.75 Å². The SMILES string of the molecule is COc1cccc(/C=C/C(=O)OCC(=O)Nc2ccccc2SCC(N)=O)c1. The fourth-order valence-electron chi connectivity index (χ4n) is 2.13. The summed E-state index contributed by atoms with van der Waals surface area (Å²) in [6.07, 6.45) is 2.80. The second-order valence-corrected chi connectivity index (χ2v) is 6.53. The lowest BCUT2D eigenvalue weighted by Gasteiger charge is -2.10. The molecule has 0 fully saturated rings. The van der Waals surface area contributed by atoms with Crippen LogP contribution in [0.5, 0.6) is 5.75 Å². The van der Waals surface area contributed by atoms with Gasteiger partial charge in [0.25, 0.3) is 5.91 Å². The number of nitrogens with two attached hydrogens (primary N) is 1. The average molecular weight is 400 g/mol. The Kier molecular flexibility index (Phi) is 8.11. The highest BCUT2D eigenvalue weighted by molar-refractivity contribution is 8.00. The number of thioether (sulfide) groups is 1. The van der Waals surface area contributed by atoms with Crippen LogP contribution in [0.2, 0.25) is 0 Å². The minimum Gasteiger partial charge on any atom is -0.497 e. The van der Waals surface area contributed by atoms with Crippen molar-refractivity contribution >= 4 is 41.3 Å². The lowest BCUT2D eigenvalue weighted by atomic mass is 10.2. The molecule has 146 valence electrons. The van der Waals surface area contributed by atoms with Crippen LogP contribution in [0.1, 0.15) is 5.56 Å². The molecule has 3 N–H and O–H groups in total. The lowest BCUT2D eigenvalue weighted by Crippen LogP contribution is -2.20. The van der Waals surface area contributed by atoms with Crippen molar-refractivity contribution in [1.82, 2.24) is 0 Å². The first-order valence-corrected chi connectivity index (χ1v) is 9.25. The fourth-order valence-corrected chi connectivity index (χ4v) is 2.87. The van der Waals surface area contributed by atoms with Gasteiger partial charge < -0.3 is 20.5 Å². The van der Waals surface area contributed by atoms with Crippen molar-refractivity contribution in [3.05, 3.63) is 60.2 Å². The number of rotatable bonds is 9. The van der Waals surface area contributed by atoms with E-state index in [0.29, 0.717) is 16.3 Å². The molecule has 0 saturated heterocycles. The molecule has 0 aliphatic rings. The van der Waals surface area contributed by atoms with E-state index in [1.54, 1.807) is 61.7 Å². The number of methoxy groups -OCH3 is 1. The van der Waals surface area contributed by atoms with E-state index in [9.17, 15) is 14.4 Å². The summed E-state index contributed by atoms with van der Waals surface area (Å²) in [4.78, 5) is 35.5. The average Bonchev–Trinajstić information content (AvgIpc) is 2.70. The van der Waals surface area contributed by atoms with Crippen LogP contribution in [0.4, 0.5) is 5.69 Å². The third-order valence-corrected chi connectivity index (χ3v) is 4.48. The zero-order valence-electron chi connectivity index (χ0n) is 15.2. The van der Waals surface area contributed by atoms with E-state index >= 15 is 0 Å². The van der Waals surface area contributed by atoms with Crippen molar-refractivity contribution in [3.63, 3.8) is 0 Å². The molecule has 0 aromatic heterocycles. The van der Waals surface area contributed by atoms with Gasteiger partial charge in [0.2, 0.25) is 5.91 Å². The number of primary amides is 1. The Morgan fingerprint density at radius 3 is 2.68 bits per heavy atom. The van der Waals surface area contributed by atoms with Gasteiger partial charge in [-0.15, -0.1) is 11.8 Å². The van der Waals surface area contributed by atoms with E-state index in [2.05, 4.69) is 5.32 Å². The number of anilines is 1. The van der Waals surface area contributed by atoms with Gasteiger partial charge in [-0.3, -0.25) is 9.59 Å². The largest absolute Gasteiger partial charge is 0.497 e. The Morgan fingerprint density at radius 1 is 1.14 bits per heavy atom. The summed E-state index contributed by atoms with van der Waals surface area (Å²) >= 11 is 1.21. The Morgan fingerprint density at radius 2 is 1.93 bits per heavy atom. The molecule has 0 aliphatic heterocycles. The molecule has 0 atom stereocenters. The normalized spacial score (nSPS) is 10.5. The number of carbonyl (C=O) groups is 3. The molecule has 0 heterocycles. The van der Waals surface area contributed by atoms with Gasteiger partial charge in [0.15, 0.2) is 6.61 Å². The number of hydrogen-bond donors (Lipinski definition) is 2. The Balaban J connectivity index is 1.86. The minimum atomic E-state index is -0.644. The summed E-state index contributed by atoms with van der Waals surface area (Å²) in [5.74, 6) is -0.827. The maximum absolute atomic E-state index is 12.0. The zero-order chi connectivity index (χ0) is 20.4. The van der Waals surface area contributed by atoms with Crippen molar-refractivity contribution in [1.29, 1.82) is 0 Å². The van der Waals surface area contributed by atoms with Crippen molar-refractivity contribution in [2.45, 2.75) is 4.90 Å². The standard InChI is InChI=1S/C20H20N2O5S/c1-26-15-6-4-5-14(11-15)9-10-20(25)27-12-19(24)22-16-7-2-3-8-17(16)28-13-18(21)23/h2-11H,12-13H2,1H3,(H2,21,23)(H,22,24)/b10-9+. The molecule has 0 unspecified atom stereocenters. The summed E-state index contributed by atoms with van der Waals surface area (Å²) in [7, 11) is 1.56. The van der Waals surface area contributed by atoms with Crippen LogP contribution >= 0.6 is 11.8 Å². The predicted octanol–water partition coefficient (Wildman–Crippen LogP) is 2.47. The smallest absolute Gasteiger partial charge is 0.331 e. The van der Waals surface area contributed by atoms with Gasteiger partial charge in [0, 0.05) is 11.0 Å². The molecule has 2 amide bonds. The van der Waals surface area contributed by atoms with Gasteiger partial charge in [-0.25, -0.2) is 4.79 Å². The molecular formula is C20H20N2O5S. The number of nitrogens with one attached hydrogen (secondary N) is 1. The molecule has 8 heteroatoms. The molecule has 28 heavy (non-hydrogen) atoms. The second-order valence-electron chi connectivity index (χ2n) is 5.52. The molecule has 0 saturated carbocycles. The van der Waals surface area contributed by atoms with Crippen molar-refractivity contribution in [2.24, 2.45) is 5.73 Å². The third-order valence-electron chi connectivity index (χ3n) is 3.38. The third kappa shape index (κ3) is 7.16. The first-order valence-electron chi connectivity index (χ1n) is 8.27. The summed E-state index contributed by atoms with van der Waals surface area (Å²) in [6.45, 7) is -0.434. The highest BCUT2D eigenvalue weighted by Crippen LogP contribution is 2.26. The molecule has 2 rings (SSSR count). The minimum absolute atomic E-state index is 0.0942. The van der Waals surface area contributed by atoms with Crippen LogP contribution < -0.4 is 15.8 Å². The summed E-state index contributed by atoms with van der Waals surface area (Å²) in [5, 5.41) is 2.65. The number of amides is 2. The quantitative estimate of drug-likeness (QED) is 0.380. The number of carbonyl (C=O) groups excluding carboxylic acids is 3. The van der Waals surface area contributed by atoms with Gasteiger partial charge in [-0.2, -0.15) is 0 Å². The fraction of sp³-hybridized carbons (Fsp3) is 0.150. The van der Waals surface area contributed by atoms with E-state index in [4.69, 9.17) is 15.2 Å². The maximum atomic E-state index is 12.0. The monoisotopic (exact) mass is 400 g/mol. The van der Waals surface area contributed by atoms with Crippen LogP contribution in [0, 0.1) is 0 Å². The van der Waals surface area contributed by atoms with Gasteiger partial charge in [-0.05, 0) is 35.9 Å². The van der Waals surface area contributed by atoms with E-state index in [1.165, 1.54) is 17.8 Å². The van der Waals surface area contributed by atoms with Gasteiger partial charge in [0.05, 0.1) is 18.6 Å². The maximum Gasteiger partial charge on any atom is 0.331 e. The molecule has 0 bridgehead atoms. The van der Waals surface area contributed by atoms with Crippen LogP contribution in [0.3, 0.4) is 0 Å². The van der Waals surface area contributed by atoms with E-state index in [1.807, 2.05) is 0 Å². The first-order chi connectivity index (χ1) is 13.5. The number of ether oxygens (including phenoxy) is 2. The van der Waals surface area contributed by atoms with Gasteiger partial charge >= 0.3 is 5.97 Å². The van der Waals surface area contributed by atoms with Crippen molar-refractivity contribution in [2.75, 3.05) is 24.8 Å². The molecular weight excluding hydrogens is 380 g/mol. The van der Waals surface area contributed by atoms with E-state index in [-0.39, 0.29) is 5.75 Å².